The third kappa shape index (κ3) is 3.96. The van der Waals surface area contributed by atoms with Crippen LogP contribution in [0, 0.1) is 6.92 Å². The number of amides is 1. The quantitative estimate of drug-likeness (QED) is 0.704. The molecule has 1 fully saturated rings. The molecule has 3 heterocycles. The fraction of sp³-hybridized carbons (Fsp3) is 0.409. The van der Waals surface area contributed by atoms with E-state index in [4.69, 9.17) is 4.42 Å². The summed E-state index contributed by atoms with van der Waals surface area (Å²) in [4.78, 5) is 15.2. The van der Waals surface area contributed by atoms with Crippen molar-refractivity contribution in [2.75, 3.05) is 18.4 Å². The third-order valence-electron chi connectivity index (χ3n) is 5.73. The molecule has 29 heavy (non-hydrogen) atoms. The van der Waals surface area contributed by atoms with Crippen molar-refractivity contribution in [2.24, 2.45) is 7.05 Å². The summed E-state index contributed by atoms with van der Waals surface area (Å²) in [5.74, 6) is 1.67. The highest BCUT2D eigenvalue weighted by atomic mass is 16.4. The molecule has 1 saturated heterocycles. The summed E-state index contributed by atoms with van der Waals surface area (Å²) in [6.07, 6.45) is 5.40. The zero-order valence-electron chi connectivity index (χ0n) is 17.2. The SMILES string of the molecule is Cc1c(NC(=O)c2ccc([C@H](C)N3CCCCC3)o2)cccc1-c1nncn1C. The van der Waals surface area contributed by atoms with Crippen LogP contribution in [0.4, 0.5) is 5.69 Å². The second kappa shape index (κ2) is 8.21. The van der Waals surface area contributed by atoms with Gasteiger partial charge in [-0.05, 0) is 63.5 Å². The van der Waals surface area contributed by atoms with E-state index in [9.17, 15) is 4.79 Å². The van der Waals surface area contributed by atoms with Crippen molar-refractivity contribution in [3.8, 4) is 11.4 Å². The Balaban J connectivity index is 1.50. The van der Waals surface area contributed by atoms with Crippen LogP contribution in [-0.4, -0.2) is 38.7 Å². The number of nitrogens with one attached hydrogen (secondary N) is 1. The fourth-order valence-electron chi connectivity index (χ4n) is 3.91. The van der Waals surface area contributed by atoms with E-state index in [0.29, 0.717) is 5.76 Å². The maximum atomic E-state index is 12.8. The molecule has 0 radical (unpaired) electrons. The van der Waals surface area contributed by atoms with Gasteiger partial charge >= 0.3 is 0 Å². The number of aryl methyl sites for hydroxylation is 1. The van der Waals surface area contributed by atoms with E-state index in [1.165, 1.54) is 19.3 Å². The highest BCUT2D eigenvalue weighted by Crippen LogP contribution is 2.28. The number of anilines is 1. The Morgan fingerprint density at radius 2 is 1.97 bits per heavy atom. The maximum absolute atomic E-state index is 12.8. The molecule has 1 aliphatic rings. The van der Waals surface area contributed by atoms with E-state index in [2.05, 4.69) is 27.3 Å². The second-order valence-electron chi connectivity index (χ2n) is 7.67. The Labute approximate surface area is 170 Å². The van der Waals surface area contributed by atoms with Crippen LogP contribution < -0.4 is 5.32 Å². The molecular weight excluding hydrogens is 366 g/mol. The van der Waals surface area contributed by atoms with Gasteiger partial charge in [-0.2, -0.15) is 0 Å². The summed E-state index contributed by atoms with van der Waals surface area (Å²) in [7, 11) is 1.90. The van der Waals surface area contributed by atoms with Crippen LogP contribution in [0.3, 0.4) is 0 Å². The molecule has 0 unspecified atom stereocenters. The number of benzene rings is 1. The number of aromatic nitrogens is 3. The first-order chi connectivity index (χ1) is 14.0. The molecule has 0 spiro atoms. The predicted molar refractivity (Wildman–Crippen MR) is 112 cm³/mol. The van der Waals surface area contributed by atoms with Crippen LogP contribution in [0.2, 0.25) is 0 Å². The van der Waals surface area contributed by atoms with E-state index in [1.807, 2.05) is 42.8 Å². The van der Waals surface area contributed by atoms with Crippen molar-refractivity contribution in [3.05, 3.63) is 53.7 Å². The largest absolute Gasteiger partial charge is 0.454 e. The third-order valence-corrected chi connectivity index (χ3v) is 5.73. The predicted octanol–water partition coefficient (Wildman–Crippen LogP) is 4.18. The lowest BCUT2D eigenvalue weighted by Gasteiger charge is -2.31. The minimum absolute atomic E-state index is 0.179. The molecule has 1 N–H and O–H groups in total. The Morgan fingerprint density at radius 3 is 2.69 bits per heavy atom. The van der Waals surface area contributed by atoms with Gasteiger partial charge in [0.15, 0.2) is 11.6 Å². The van der Waals surface area contributed by atoms with Gasteiger partial charge in [0.05, 0.1) is 6.04 Å². The van der Waals surface area contributed by atoms with Crippen LogP contribution >= 0.6 is 0 Å². The molecule has 0 aliphatic carbocycles. The van der Waals surface area contributed by atoms with Gasteiger partial charge in [0, 0.05) is 18.3 Å². The van der Waals surface area contributed by atoms with Gasteiger partial charge < -0.3 is 14.3 Å². The number of nitrogens with zero attached hydrogens (tertiary/aromatic N) is 4. The van der Waals surface area contributed by atoms with Crippen LogP contribution in [0.1, 0.15) is 54.1 Å². The number of likely N-dealkylation sites (tertiary alicyclic amines) is 1. The van der Waals surface area contributed by atoms with Crippen molar-refractivity contribution in [1.29, 1.82) is 0 Å². The van der Waals surface area contributed by atoms with Crippen molar-refractivity contribution in [2.45, 2.75) is 39.2 Å². The monoisotopic (exact) mass is 393 g/mol. The number of carbonyl (C=O) groups is 1. The van der Waals surface area contributed by atoms with E-state index >= 15 is 0 Å². The summed E-state index contributed by atoms with van der Waals surface area (Å²) in [5, 5.41) is 11.1. The smallest absolute Gasteiger partial charge is 0.291 e. The standard InChI is InChI=1S/C22H27N5O2/c1-15-17(21-25-23-14-26(21)3)8-7-9-18(15)24-22(28)20-11-10-19(29-20)16(2)27-12-5-4-6-13-27/h7-11,14,16H,4-6,12-13H2,1-3H3,(H,24,28)/t16-/m0/s1. The molecule has 1 amide bonds. The van der Waals surface area contributed by atoms with Crippen LogP contribution in [0.15, 0.2) is 41.1 Å². The zero-order valence-corrected chi connectivity index (χ0v) is 17.2. The summed E-state index contributed by atoms with van der Waals surface area (Å²) in [5.41, 5.74) is 2.60. The van der Waals surface area contributed by atoms with Crippen LogP contribution in [0.5, 0.6) is 0 Å². The molecule has 7 nitrogen and oxygen atoms in total. The van der Waals surface area contributed by atoms with Crippen LogP contribution in [0.25, 0.3) is 11.4 Å². The lowest BCUT2D eigenvalue weighted by molar-refractivity contribution is 0.0987. The van der Waals surface area contributed by atoms with Gasteiger partial charge in [0.1, 0.15) is 12.1 Å². The zero-order chi connectivity index (χ0) is 20.4. The molecular formula is C22H27N5O2. The maximum Gasteiger partial charge on any atom is 0.291 e. The van der Waals surface area contributed by atoms with E-state index in [-0.39, 0.29) is 11.9 Å². The highest BCUT2D eigenvalue weighted by molar-refractivity contribution is 6.03. The lowest BCUT2D eigenvalue weighted by Crippen LogP contribution is -2.32. The van der Waals surface area contributed by atoms with Gasteiger partial charge in [0.25, 0.3) is 5.91 Å². The van der Waals surface area contributed by atoms with Gasteiger partial charge in [0.2, 0.25) is 0 Å². The Morgan fingerprint density at radius 1 is 1.17 bits per heavy atom. The second-order valence-corrected chi connectivity index (χ2v) is 7.67. The number of rotatable bonds is 5. The number of furan rings is 1. The first kappa shape index (κ1) is 19.4. The summed E-state index contributed by atoms with van der Waals surface area (Å²) in [6.45, 7) is 6.26. The first-order valence-electron chi connectivity index (χ1n) is 10.1. The molecule has 0 saturated carbocycles. The topological polar surface area (TPSA) is 76.2 Å². The Bertz CT molecular complexity index is 1000. The average molecular weight is 393 g/mol. The lowest BCUT2D eigenvalue weighted by atomic mass is 10.1. The minimum atomic E-state index is -0.250. The van der Waals surface area contributed by atoms with Gasteiger partial charge in [-0.15, -0.1) is 10.2 Å². The van der Waals surface area contributed by atoms with Gasteiger partial charge in [-0.1, -0.05) is 18.6 Å². The Hall–Kier alpha value is -2.93. The minimum Gasteiger partial charge on any atom is -0.454 e. The van der Waals surface area contributed by atoms with Gasteiger partial charge in [-0.3, -0.25) is 9.69 Å². The molecule has 4 rings (SSSR count). The summed E-state index contributed by atoms with van der Waals surface area (Å²) in [6, 6.07) is 9.61. The fourth-order valence-corrected chi connectivity index (χ4v) is 3.91. The molecule has 0 bridgehead atoms. The van der Waals surface area contributed by atoms with Crippen LogP contribution in [-0.2, 0) is 7.05 Å². The summed E-state index contributed by atoms with van der Waals surface area (Å²) >= 11 is 0. The molecule has 1 atom stereocenters. The normalized spacial score (nSPS) is 16.0. The number of hydrogen-bond acceptors (Lipinski definition) is 5. The van der Waals surface area contributed by atoms with Crippen molar-refractivity contribution in [3.63, 3.8) is 0 Å². The molecule has 1 aliphatic heterocycles. The summed E-state index contributed by atoms with van der Waals surface area (Å²) < 4.78 is 7.77. The van der Waals surface area contributed by atoms with E-state index in [1.54, 1.807) is 12.4 Å². The van der Waals surface area contributed by atoms with Crippen molar-refractivity contribution in [1.82, 2.24) is 19.7 Å². The van der Waals surface area contributed by atoms with Crippen molar-refractivity contribution < 1.29 is 9.21 Å². The number of carbonyl (C=O) groups excluding carboxylic acids is 1. The highest BCUT2D eigenvalue weighted by Gasteiger charge is 2.22. The number of piperidine rings is 1. The average Bonchev–Trinajstić information content (AvgIpc) is 3.39. The van der Waals surface area contributed by atoms with E-state index in [0.717, 1.165) is 41.5 Å². The number of hydrogen-bond donors (Lipinski definition) is 1. The molecule has 152 valence electrons. The molecule has 3 aromatic rings. The van der Waals surface area contributed by atoms with Crippen molar-refractivity contribution >= 4 is 11.6 Å². The molecule has 7 heteroatoms. The van der Waals surface area contributed by atoms with E-state index < -0.39 is 0 Å². The molecule has 2 aromatic heterocycles. The van der Waals surface area contributed by atoms with Gasteiger partial charge in [-0.25, -0.2) is 0 Å². The molecule has 1 aromatic carbocycles. The Kier molecular flexibility index (Phi) is 5.49. The first-order valence-corrected chi connectivity index (χ1v) is 10.1.